The number of nitrogens with two attached hydrogens (primary N) is 1. The number of fused-ring (bicyclic) bond motifs is 1. The minimum Gasteiger partial charge on any atom is -0.493 e. The van der Waals surface area contributed by atoms with Crippen LogP contribution in [-0.2, 0) is 6.61 Å². The number of nitrogens with zero attached hydrogens (tertiary/aromatic N) is 1. The molecule has 4 aromatic rings. The molecule has 2 N–H and O–H groups in total. The second-order valence-electron chi connectivity index (χ2n) is 8.71. The van der Waals surface area contributed by atoms with E-state index >= 15 is 0 Å². The molecular weight excluding hydrogens is 560 g/mol. The van der Waals surface area contributed by atoms with Crippen LogP contribution in [0.2, 0.25) is 0 Å². The van der Waals surface area contributed by atoms with Crippen molar-refractivity contribution in [1.82, 2.24) is 0 Å². The van der Waals surface area contributed by atoms with Crippen LogP contribution in [0, 0.1) is 11.3 Å². The van der Waals surface area contributed by atoms with Crippen molar-refractivity contribution in [3.63, 3.8) is 0 Å². The van der Waals surface area contributed by atoms with Crippen LogP contribution in [0.15, 0.2) is 107 Å². The van der Waals surface area contributed by atoms with Crippen LogP contribution in [0.3, 0.4) is 0 Å². The summed E-state index contributed by atoms with van der Waals surface area (Å²) in [5.74, 6) is 0.723. The maximum atomic E-state index is 12.6. The van der Waals surface area contributed by atoms with Gasteiger partial charge in [0.25, 0.3) is 0 Å². The summed E-state index contributed by atoms with van der Waals surface area (Å²) in [5.41, 5.74) is 9.33. The number of benzene rings is 4. The molecular formula is C31H23BrN2O5. The molecule has 0 spiro atoms. The quantitative estimate of drug-likeness (QED) is 0.196. The van der Waals surface area contributed by atoms with Crippen LogP contribution in [0.25, 0.3) is 0 Å². The number of nitriles is 1. The summed E-state index contributed by atoms with van der Waals surface area (Å²) in [4.78, 5) is 12.6. The summed E-state index contributed by atoms with van der Waals surface area (Å²) < 4.78 is 23.8. The minimum absolute atomic E-state index is 0.0187. The van der Waals surface area contributed by atoms with Gasteiger partial charge in [0.15, 0.2) is 11.5 Å². The van der Waals surface area contributed by atoms with Gasteiger partial charge >= 0.3 is 5.97 Å². The zero-order chi connectivity index (χ0) is 27.4. The molecule has 7 nitrogen and oxygen atoms in total. The average Bonchev–Trinajstić information content (AvgIpc) is 2.96. The molecule has 194 valence electrons. The highest BCUT2D eigenvalue weighted by molar-refractivity contribution is 9.10. The van der Waals surface area contributed by atoms with Crippen LogP contribution in [0.5, 0.6) is 23.0 Å². The Morgan fingerprint density at radius 1 is 1.00 bits per heavy atom. The number of halogens is 1. The second kappa shape index (κ2) is 11.3. The van der Waals surface area contributed by atoms with Crippen molar-refractivity contribution in [1.29, 1.82) is 5.26 Å². The summed E-state index contributed by atoms with van der Waals surface area (Å²) in [5, 5.41) is 9.93. The van der Waals surface area contributed by atoms with E-state index in [1.807, 2.05) is 48.5 Å². The topological polar surface area (TPSA) is 104 Å². The molecule has 1 atom stereocenters. The van der Waals surface area contributed by atoms with E-state index in [0.717, 1.165) is 15.6 Å². The van der Waals surface area contributed by atoms with E-state index < -0.39 is 11.9 Å². The summed E-state index contributed by atoms with van der Waals surface area (Å²) in [6, 6.07) is 29.4. The molecule has 0 fully saturated rings. The van der Waals surface area contributed by atoms with Gasteiger partial charge in [-0.2, -0.15) is 5.26 Å². The van der Waals surface area contributed by atoms with Gasteiger partial charge in [-0.15, -0.1) is 0 Å². The van der Waals surface area contributed by atoms with Crippen LogP contribution >= 0.6 is 15.9 Å². The van der Waals surface area contributed by atoms with Gasteiger partial charge in [-0.3, -0.25) is 0 Å². The van der Waals surface area contributed by atoms with Crippen molar-refractivity contribution in [3.05, 3.63) is 129 Å². The van der Waals surface area contributed by atoms with Crippen LogP contribution < -0.4 is 24.7 Å². The first-order valence-electron chi connectivity index (χ1n) is 12.0. The van der Waals surface area contributed by atoms with Crippen LogP contribution in [0.1, 0.15) is 33.0 Å². The van der Waals surface area contributed by atoms with Gasteiger partial charge in [0.05, 0.1) is 18.6 Å². The number of hydrogen-bond donors (Lipinski definition) is 1. The summed E-state index contributed by atoms with van der Waals surface area (Å²) in [6.07, 6.45) is 0. The van der Waals surface area contributed by atoms with Crippen LogP contribution in [0.4, 0.5) is 0 Å². The molecule has 1 heterocycles. The molecule has 1 unspecified atom stereocenters. The van der Waals surface area contributed by atoms with Crippen molar-refractivity contribution >= 4 is 21.9 Å². The lowest BCUT2D eigenvalue weighted by Crippen LogP contribution is -2.21. The zero-order valence-corrected chi connectivity index (χ0v) is 22.5. The molecule has 8 heteroatoms. The highest BCUT2D eigenvalue weighted by atomic mass is 79.9. The Morgan fingerprint density at radius 3 is 2.49 bits per heavy atom. The Kier molecular flexibility index (Phi) is 7.53. The van der Waals surface area contributed by atoms with Crippen molar-refractivity contribution in [2.45, 2.75) is 12.5 Å². The fraction of sp³-hybridized carbons (Fsp3) is 0.0968. The Hall–Kier alpha value is -4.74. The maximum Gasteiger partial charge on any atom is 0.343 e. The van der Waals surface area contributed by atoms with E-state index in [4.69, 9.17) is 24.7 Å². The molecule has 0 saturated carbocycles. The molecule has 0 aliphatic carbocycles. The number of carbonyl (C=O) groups is 1. The third-order valence-corrected chi connectivity index (χ3v) is 6.77. The Bertz CT molecular complexity index is 1590. The largest absolute Gasteiger partial charge is 0.493 e. The number of ether oxygens (including phenoxy) is 4. The van der Waals surface area contributed by atoms with Gasteiger partial charge in [0.2, 0.25) is 5.88 Å². The van der Waals surface area contributed by atoms with Gasteiger partial charge in [0.1, 0.15) is 29.7 Å². The van der Waals surface area contributed by atoms with Gasteiger partial charge in [-0.1, -0.05) is 58.4 Å². The lowest BCUT2D eigenvalue weighted by Gasteiger charge is -2.27. The lowest BCUT2D eigenvalue weighted by atomic mass is 9.83. The van der Waals surface area contributed by atoms with E-state index in [1.165, 1.54) is 0 Å². The van der Waals surface area contributed by atoms with E-state index in [0.29, 0.717) is 35.0 Å². The molecule has 0 radical (unpaired) electrons. The third-order valence-electron chi connectivity index (χ3n) is 6.24. The first-order valence-corrected chi connectivity index (χ1v) is 12.8. The normalized spacial score (nSPS) is 14.0. The van der Waals surface area contributed by atoms with Gasteiger partial charge in [-0.05, 0) is 53.6 Å². The van der Waals surface area contributed by atoms with Gasteiger partial charge < -0.3 is 24.7 Å². The first kappa shape index (κ1) is 25.9. The fourth-order valence-electron chi connectivity index (χ4n) is 4.31. The monoisotopic (exact) mass is 582 g/mol. The van der Waals surface area contributed by atoms with E-state index in [2.05, 4.69) is 22.0 Å². The SMILES string of the molecule is COc1cc(C2C(C#N)=C(N)Oc3cc(OC(=O)c4ccc(Br)cc4)ccc32)ccc1OCc1ccccc1. The fourth-order valence-corrected chi connectivity index (χ4v) is 4.58. The van der Waals surface area contributed by atoms with Crippen molar-refractivity contribution < 1.29 is 23.7 Å². The number of allylic oxidation sites excluding steroid dienone is 1. The molecule has 5 rings (SSSR count). The number of methoxy groups -OCH3 is 1. The summed E-state index contributed by atoms with van der Waals surface area (Å²) in [7, 11) is 1.56. The Balaban J connectivity index is 1.44. The molecule has 0 bridgehead atoms. The van der Waals surface area contributed by atoms with E-state index in [-0.39, 0.29) is 17.2 Å². The van der Waals surface area contributed by atoms with Gasteiger partial charge in [0, 0.05) is 16.1 Å². The minimum atomic E-state index is -0.521. The van der Waals surface area contributed by atoms with Crippen molar-refractivity contribution in [3.8, 4) is 29.1 Å². The maximum absolute atomic E-state index is 12.6. The number of esters is 1. The standard InChI is InChI=1S/C31H23BrN2O5/c1-36-28-15-21(9-14-26(28)37-18-19-5-3-2-4-6-19)29-24-13-12-23(16-27(24)39-30(34)25(29)17-33)38-31(35)20-7-10-22(32)11-8-20/h2-16,29H,18,34H2,1H3. The average molecular weight is 583 g/mol. The van der Waals surface area contributed by atoms with Crippen molar-refractivity contribution in [2.24, 2.45) is 5.73 Å². The molecule has 0 aromatic heterocycles. The molecule has 4 aromatic carbocycles. The smallest absolute Gasteiger partial charge is 0.343 e. The predicted octanol–water partition coefficient (Wildman–Crippen LogP) is 6.47. The van der Waals surface area contributed by atoms with E-state index in [9.17, 15) is 10.1 Å². The van der Waals surface area contributed by atoms with E-state index in [1.54, 1.807) is 49.6 Å². The molecule has 1 aliphatic rings. The highest BCUT2D eigenvalue weighted by Crippen LogP contribution is 2.45. The number of hydrogen-bond acceptors (Lipinski definition) is 7. The first-order chi connectivity index (χ1) is 19.0. The molecule has 39 heavy (non-hydrogen) atoms. The zero-order valence-electron chi connectivity index (χ0n) is 20.9. The Labute approximate surface area is 234 Å². The van der Waals surface area contributed by atoms with Crippen molar-refractivity contribution in [2.75, 3.05) is 7.11 Å². The molecule has 0 amide bonds. The Morgan fingerprint density at radius 2 is 1.77 bits per heavy atom. The third kappa shape index (κ3) is 5.59. The molecule has 0 saturated heterocycles. The highest BCUT2D eigenvalue weighted by Gasteiger charge is 2.32. The van der Waals surface area contributed by atoms with Gasteiger partial charge in [-0.25, -0.2) is 4.79 Å². The summed E-state index contributed by atoms with van der Waals surface area (Å²) >= 11 is 3.35. The predicted molar refractivity (Wildman–Crippen MR) is 149 cm³/mol. The summed E-state index contributed by atoms with van der Waals surface area (Å²) in [6.45, 7) is 0.384. The number of carbonyl (C=O) groups excluding carboxylic acids is 1. The second-order valence-corrected chi connectivity index (χ2v) is 9.62. The number of rotatable bonds is 7. The molecule has 1 aliphatic heterocycles. The lowest BCUT2D eigenvalue weighted by molar-refractivity contribution is 0.0734. The van der Waals surface area contributed by atoms with Crippen LogP contribution in [-0.4, -0.2) is 13.1 Å².